The molecule has 0 aliphatic rings. The third-order valence-corrected chi connectivity index (χ3v) is 6.45. The van der Waals surface area contributed by atoms with Gasteiger partial charge in [0.1, 0.15) is 18.1 Å². The van der Waals surface area contributed by atoms with E-state index >= 15 is 0 Å². The van der Waals surface area contributed by atoms with Gasteiger partial charge in [0.2, 0.25) is 0 Å². The van der Waals surface area contributed by atoms with Gasteiger partial charge in [0.25, 0.3) is 5.56 Å². The largest absolute Gasteiger partial charge is 0.496 e. The summed E-state index contributed by atoms with van der Waals surface area (Å²) in [4.78, 5) is 18.5. The second kappa shape index (κ2) is 10.9. The van der Waals surface area contributed by atoms with E-state index in [1.807, 2.05) is 55.5 Å². The molecular weight excluding hydrogens is 518 g/mol. The fraction of sp³-hybridized carbons (Fsp3) is 0.207. The van der Waals surface area contributed by atoms with Crippen LogP contribution in [-0.2, 0) is 0 Å². The predicted octanol–water partition coefficient (Wildman–Crippen LogP) is 6.71. The Kier molecular flexibility index (Phi) is 7.70. The number of rotatable bonds is 8. The van der Waals surface area contributed by atoms with Crippen LogP contribution in [0.25, 0.3) is 22.3 Å². The highest BCUT2D eigenvalue weighted by Gasteiger charge is 2.18. The zero-order valence-electron chi connectivity index (χ0n) is 20.8. The lowest BCUT2D eigenvalue weighted by Crippen LogP contribution is -2.20. The zero-order chi connectivity index (χ0) is 25.8. The summed E-state index contributed by atoms with van der Waals surface area (Å²) in [6.07, 6.45) is 3.33. The van der Waals surface area contributed by atoms with Crippen molar-refractivity contribution in [3.05, 3.63) is 98.8 Å². The number of hydrogen-bond donors (Lipinski definition) is 0. The zero-order valence-corrected chi connectivity index (χ0v) is 22.4. The summed E-state index contributed by atoms with van der Waals surface area (Å²) in [6, 6.07) is 17.0. The average molecular weight is 546 g/mol. The molecule has 3 aromatic carbocycles. The van der Waals surface area contributed by atoms with E-state index in [9.17, 15) is 4.79 Å². The van der Waals surface area contributed by atoms with Gasteiger partial charge in [-0.2, -0.15) is 9.78 Å². The molecule has 0 amide bonds. The smallest absolute Gasteiger partial charge is 0.282 e. The molecule has 0 unspecified atom stereocenters. The number of benzene rings is 3. The molecule has 0 atom stereocenters. The molecule has 0 spiro atoms. The standard InChI is InChI=1S/C29H28BrN3O3/c1-6-13-36-26-12-11-20(15-24(26)30)17-31-33-28(32-25-10-8-7-9-21(25)29(33)34)23-16-22(18(2)3)27(35-5)14-19(23)4/h6-12,14-18H,1,13H2,2-5H3. The van der Waals surface area contributed by atoms with Gasteiger partial charge in [-0.25, -0.2) is 4.98 Å². The Morgan fingerprint density at radius 1 is 1.14 bits per heavy atom. The van der Waals surface area contributed by atoms with E-state index in [4.69, 9.17) is 14.5 Å². The van der Waals surface area contributed by atoms with E-state index in [1.54, 1.807) is 25.5 Å². The van der Waals surface area contributed by atoms with Crippen LogP contribution in [0, 0.1) is 6.92 Å². The molecule has 1 aromatic heterocycles. The molecule has 36 heavy (non-hydrogen) atoms. The van der Waals surface area contributed by atoms with Crippen molar-refractivity contribution in [2.24, 2.45) is 5.10 Å². The highest BCUT2D eigenvalue weighted by molar-refractivity contribution is 9.10. The van der Waals surface area contributed by atoms with Crippen LogP contribution in [0.3, 0.4) is 0 Å². The van der Waals surface area contributed by atoms with Crippen LogP contribution in [0.2, 0.25) is 0 Å². The molecule has 0 fully saturated rings. The topological polar surface area (TPSA) is 65.7 Å². The summed E-state index contributed by atoms with van der Waals surface area (Å²) in [5, 5.41) is 5.10. The molecule has 0 aliphatic carbocycles. The van der Waals surface area contributed by atoms with Gasteiger partial charge in [-0.1, -0.05) is 38.6 Å². The monoisotopic (exact) mass is 545 g/mol. The van der Waals surface area contributed by atoms with Crippen LogP contribution in [0.1, 0.15) is 36.5 Å². The minimum atomic E-state index is -0.238. The van der Waals surface area contributed by atoms with Gasteiger partial charge in [-0.3, -0.25) is 4.79 Å². The fourth-order valence-electron chi connectivity index (χ4n) is 3.96. The van der Waals surface area contributed by atoms with Crippen LogP contribution in [0.15, 0.2) is 81.6 Å². The van der Waals surface area contributed by atoms with Crippen LogP contribution < -0.4 is 15.0 Å². The quantitative estimate of drug-likeness (QED) is 0.182. The number of aromatic nitrogens is 2. The first-order valence-corrected chi connectivity index (χ1v) is 12.4. The summed E-state index contributed by atoms with van der Waals surface area (Å²) >= 11 is 3.53. The summed E-state index contributed by atoms with van der Waals surface area (Å²) in [5.41, 5.74) is 3.99. The molecule has 184 valence electrons. The Bertz CT molecular complexity index is 1520. The first-order valence-electron chi connectivity index (χ1n) is 11.6. The van der Waals surface area contributed by atoms with Crippen molar-refractivity contribution in [2.45, 2.75) is 26.7 Å². The van der Waals surface area contributed by atoms with Gasteiger partial charge in [-0.15, -0.1) is 0 Å². The number of halogens is 1. The summed E-state index contributed by atoms with van der Waals surface area (Å²) in [7, 11) is 1.67. The van der Waals surface area contributed by atoms with Crippen LogP contribution >= 0.6 is 15.9 Å². The first kappa shape index (κ1) is 25.4. The summed E-state index contributed by atoms with van der Waals surface area (Å²) < 4.78 is 13.4. The molecule has 0 aliphatic heterocycles. The van der Waals surface area contributed by atoms with E-state index in [-0.39, 0.29) is 11.5 Å². The highest BCUT2D eigenvalue weighted by Crippen LogP contribution is 2.34. The first-order chi connectivity index (χ1) is 17.3. The van der Waals surface area contributed by atoms with Crippen molar-refractivity contribution >= 4 is 33.0 Å². The van der Waals surface area contributed by atoms with Crippen LogP contribution in [-0.4, -0.2) is 29.6 Å². The van der Waals surface area contributed by atoms with Gasteiger partial charge in [0.15, 0.2) is 5.82 Å². The second-order valence-electron chi connectivity index (χ2n) is 8.67. The normalized spacial score (nSPS) is 11.4. The maximum Gasteiger partial charge on any atom is 0.282 e. The number of hydrogen-bond acceptors (Lipinski definition) is 5. The molecule has 4 rings (SSSR count). The molecule has 1 heterocycles. The second-order valence-corrected chi connectivity index (χ2v) is 9.52. The van der Waals surface area contributed by atoms with E-state index in [0.29, 0.717) is 29.1 Å². The van der Waals surface area contributed by atoms with Crippen molar-refractivity contribution in [3.8, 4) is 22.9 Å². The molecule has 0 saturated carbocycles. The van der Waals surface area contributed by atoms with Crippen molar-refractivity contribution in [2.75, 3.05) is 13.7 Å². The Morgan fingerprint density at radius 2 is 1.92 bits per heavy atom. The predicted molar refractivity (Wildman–Crippen MR) is 150 cm³/mol. The highest BCUT2D eigenvalue weighted by atomic mass is 79.9. The molecule has 0 radical (unpaired) electrons. The van der Waals surface area contributed by atoms with Crippen molar-refractivity contribution in [1.29, 1.82) is 0 Å². The summed E-state index contributed by atoms with van der Waals surface area (Å²) in [5.74, 6) is 2.21. The van der Waals surface area contributed by atoms with Gasteiger partial charge in [0.05, 0.1) is 28.7 Å². The lowest BCUT2D eigenvalue weighted by molar-refractivity contribution is 0.361. The van der Waals surface area contributed by atoms with Crippen LogP contribution in [0.5, 0.6) is 11.5 Å². The third-order valence-electron chi connectivity index (χ3n) is 5.83. The number of ether oxygens (including phenoxy) is 2. The maximum atomic E-state index is 13.6. The average Bonchev–Trinajstić information content (AvgIpc) is 2.87. The molecular formula is C29H28BrN3O3. The Hall–Kier alpha value is -3.71. The van der Waals surface area contributed by atoms with Crippen LogP contribution in [0.4, 0.5) is 0 Å². The van der Waals surface area contributed by atoms with Gasteiger partial charge < -0.3 is 9.47 Å². The van der Waals surface area contributed by atoms with E-state index in [2.05, 4.69) is 41.5 Å². The maximum absolute atomic E-state index is 13.6. The molecule has 0 N–H and O–H groups in total. The number of para-hydroxylation sites is 1. The third kappa shape index (κ3) is 5.11. The molecule has 0 saturated heterocycles. The van der Waals surface area contributed by atoms with Crippen molar-refractivity contribution in [3.63, 3.8) is 0 Å². The minimum absolute atomic E-state index is 0.225. The van der Waals surface area contributed by atoms with Gasteiger partial charge >= 0.3 is 0 Å². The Morgan fingerprint density at radius 3 is 2.61 bits per heavy atom. The van der Waals surface area contributed by atoms with Gasteiger partial charge in [0, 0.05) is 5.56 Å². The molecule has 4 aromatic rings. The number of fused-ring (bicyclic) bond motifs is 1. The summed E-state index contributed by atoms with van der Waals surface area (Å²) in [6.45, 7) is 10.3. The van der Waals surface area contributed by atoms with Gasteiger partial charge in [-0.05, 0) is 87.9 Å². The van der Waals surface area contributed by atoms with E-state index in [0.717, 1.165) is 32.5 Å². The van der Waals surface area contributed by atoms with Crippen molar-refractivity contribution < 1.29 is 9.47 Å². The lowest BCUT2D eigenvalue weighted by atomic mass is 9.96. The Balaban J connectivity index is 1.89. The lowest BCUT2D eigenvalue weighted by Gasteiger charge is -2.17. The molecule has 0 bridgehead atoms. The number of nitrogens with zero attached hydrogens (tertiary/aromatic N) is 3. The Labute approximate surface area is 219 Å². The minimum Gasteiger partial charge on any atom is -0.496 e. The number of methoxy groups -OCH3 is 1. The SMILES string of the molecule is C=CCOc1ccc(C=Nn2c(-c3cc(C(C)C)c(OC)cc3C)nc3ccccc3c2=O)cc1Br. The van der Waals surface area contributed by atoms with E-state index in [1.165, 1.54) is 4.68 Å². The number of aryl methyl sites for hydroxylation is 1. The van der Waals surface area contributed by atoms with E-state index < -0.39 is 0 Å². The molecule has 6 nitrogen and oxygen atoms in total. The molecule has 7 heteroatoms. The van der Waals surface area contributed by atoms with Crippen molar-refractivity contribution in [1.82, 2.24) is 9.66 Å². The fourth-order valence-corrected chi connectivity index (χ4v) is 4.47.